The van der Waals surface area contributed by atoms with Crippen molar-refractivity contribution in [2.24, 2.45) is 0 Å². The first-order chi connectivity index (χ1) is 12.5. The molecule has 0 saturated heterocycles. The highest BCUT2D eigenvalue weighted by molar-refractivity contribution is 7.84. The van der Waals surface area contributed by atoms with Crippen molar-refractivity contribution in [3.8, 4) is 0 Å². The molecule has 26 heavy (non-hydrogen) atoms. The van der Waals surface area contributed by atoms with Crippen molar-refractivity contribution in [1.29, 1.82) is 0 Å². The highest BCUT2D eigenvalue weighted by Crippen LogP contribution is 2.25. The number of nitro groups is 1. The van der Waals surface area contributed by atoms with Crippen molar-refractivity contribution in [2.75, 3.05) is 5.32 Å². The van der Waals surface area contributed by atoms with Crippen LogP contribution in [0.5, 0.6) is 0 Å². The van der Waals surface area contributed by atoms with Crippen LogP contribution < -0.4 is 5.32 Å². The van der Waals surface area contributed by atoms with Crippen LogP contribution in [-0.2, 0) is 16.6 Å². The van der Waals surface area contributed by atoms with Gasteiger partial charge in [-0.15, -0.1) is 0 Å². The summed E-state index contributed by atoms with van der Waals surface area (Å²) in [5.74, 6) is 1.12. The molecule has 1 fully saturated rings. The molecule has 0 spiro atoms. The van der Waals surface area contributed by atoms with E-state index in [2.05, 4.69) is 10.3 Å². The number of rotatable bonds is 6. The van der Waals surface area contributed by atoms with Gasteiger partial charge in [-0.1, -0.05) is 31.4 Å². The van der Waals surface area contributed by atoms with Crippen molar-refractivity contribution >= 4 is 28.0 Å². The number of hydrogen-bond acceptors (Lipinski definition) is 5. The fourth-order valence-electron chi connectivity index (χ4n) is 3.31. The Morgan fingerprint density at radius 2 is 2.04 bits per heavy atom. The summed E-state index contributed by atoms with van der Waals surface area (Å²) < 4.78 is 12.6. The Kier molecular flexibility index (Phi) is 5.98. The highest BCUT2D eigenvalue weighted by atomic mass is 32.2. The number of aromatic nitrogens is 1. The van der Waals surface area contributed by atoms with Crippen molar-refractivity contribution < 1.29 is 9.13 Å². The molecule has 1 unspecified atom stereocenters. The van der Waals surface area contributed by atoms with Crippen molar-refractivity contribution in [1.82, 2.24) is 4.98 Å². The number of benzene rings is 1. The number of anilines is 2. The van der Waals surface area contributed by atoms with Crippen LogP contribution in [0.4, 0.5) is 17.2 Å². The summed E-state index contributed by atoms with van der Waals surface area (Å²) in [6.07, 6.45) is 7.02. The van der Waals surface area contributed by atoms with E-state index in [4.69, 9.17) is 0 Å². The predicted octanol–water partition coefficient (Wildman–Crippen LogP) is 4.62. The summed E-state index contributed by atoms with van der Waals surface area (Å²) in [7, 11) is -0.843. The Labute approximate surface area is 155 Å². The summed E-state index contributed by atoms with van der Waals surface area (Å²) >= 11 is 0. The standard InChI is InChI=1S/C19H23N3O3S/c1-14-10-19(20-12-18(14)22(23)24)21-16-7-5-6-15(11-16)13-26(25)17-8-3-2-4-9-17/h5-7,10-12,17H,2-4,8-9,13H2,1H3,(H,20,21). The fourth-order valence-corrected chi connectivity index (χ4v) is 4.91. The molecular formula is C19H23N3O3S. The van der Waals surface area contributed by atoms with E-state index in [9.17, 15) is 14.3 Å². The maximum Gasteiger partial charge on any atom is 0.290 e. The largest absolute Gasteiger partial charge is 0.340 e. The Bertz CT molecular complexity index is 819. The van der Waals surface area contributed by atoms with Gasteiger partial charge in [-0.3, -0.25) is 14.3 Å². The minimum atomic E-state index is -0.843. The van der Waals surface area contributed by atoms with Crippen LogP contribution in [0.1, 0.15) is 43.2 Å². The maximum atomic E-state index is 12.6. The Morgan fingerprint density at radius 3 is 2.73 bits per heavy atom. The molecule has 1 saturated carbocycles. The third-order valence-corrected chi connectivity index (χ3v) is 6.54. The molecule has 1 aromatic heterocycles. The Hall–Kier alpha value is -2.28. The summed E-state index contributed by atoms with van der Waals surface area (Å²) in [6, 6.07) is 9.45. The molecule has 1 N–H and O–H groups in total. The predicted molar refractivity (Wildman–Crippen MR) is 104 cm³/mol. The molecule has 1 heterocycles. The van der Waals surface area contributed by atoms with Crippen LogP contribution in [0.25, 0.3) is 0 Å². The van der Waals surface area contributed by atoms with Gasteiger partial charge < -0.3 is 5.32 Å². The minimum Gasteiger partial charge on any atom is -0.340 e. The highest BCUT2D eigenvalue weighted by Gasteiger charge is 2.20. The smallest absolute Gasteiger partial charge is 0.290 e. The number of hydrogen-bond donors (Lipinski definition) is 1. The lowest BCUT2D eigenvalue weighted by Gasteiger charge is -2.21. The second-order valence-corrected chi connectivity index (χ2v) is 8.44. The van der Waals surface area contributed by atoms with E-state index >= 15 is 0 Å². The Morgan fingerprint density at radius 1 is 1.27 bits per heavy atom. The van der Waals surface area contributed by atoms with Crippen LogP contribution >= 0.6 is 0 Å². The third-order valence-electron chi connectivity index (χ3n) is 4.71. The molecule has 1 aromatic carbocycles. The van der Waals surface area contributed by atoms with Crippen molar-refractivity contribution in [3.05, 3.63) is 57.8 Å². The molecule has 0 bridgehead atoms. The molecule has 1 aliphatic carbocycles. The molecule has 6 nitrogen and oxygen atoms in total. The number of nitrogens with zero attached hydrogens (tertiary/aromatic N) is 2. The average Bonchev–Trinajstić information content (AvgIpc) is 2.62. The van der Waals surface area contributed by atoms with Gasteiger partial charge in [-0.25, -0.2) is 4.98 Å². The van der Waals surface area contributed by atoms with Gasteiger partial charge in [0.25, 0.3) is 5.69 Å². The monoisotopic (exact) mass is 373 g/mol. The van der Waals surface area contributed by atoms with E-state index in [1.54, 1.807) is 13.0 Å². The van der Waals surface area contributed by atoms with Crippen molar-refractivity contribution in [2.45, 2.75) is 50.0 Å². The van der Waals surface area contributed by atoms with E-state index in [0.717, 1.165) is 24.1 Å². The van der Waals surface area contributed by atoms with E-state index in [1.807, 2.05) is 24.3 Å². The lowest BCUT2D eigenvalue weighted by Crippen LogP contribution is -2.19. The van der Waals surface area contributed by atoms with Gasteiger partial charge in [-0.05, 0) is 43.5 Å². The number of aryl methyl sites for hydroxylation is 1. The summed E-state index contributed by atoms with van der Waals surface area (Å²) in [5, 5.41) is 14.4. The van der Waals surface area contributed by atoms with Crippen LogP contribution in [0, 0.1) is 17.0 Å². The number of nitrogens with one attached hydrogen (secondary N) is 1. The van der Waals surface area contributed by atoms with Crippen LogP contribution in [0.15, 0.2) is 36.5 Å². The number of pyridine rings is 1. The van der Waals surface area contributed by atoms with E-state index in [0.29, 0.717) is 22.4 Å². The average molecular weight is 373 g/mol. The summed E-state index contributed by atoms with van der Waals surface area (Å²) in [4.78, 5) is 14.6. The first-order valence-electron chi connectivity index (χ1n) is 8.87. The van der Waals surface area contributed by atoms with Crippen LogP contribution in [0.2, 0.25) is 0 Å². The Balaban J connectivity index is 1.68. The molecule has 1 aliphatic rings. The molecule has 1 atom stereocenters. The zero-order chi connectivity index (χ0) is 18.5. The lowest BCUT2D eigenvalue weighted by atomic mass is 10.0. The third kappa shape index (κ3) is 4.66. The van der Waals surface area contributed by atoms with Gasteiger partial charge in [0, 0.05) is 33.1 Å². The SMILES string of the molecule is Cc1cc(Nc2cccc(CS(=O)C3CCCCC3)c2)ncc1[N+](=O)[O-]. The zero-order valence-electron chi connectivity index (χ0n) is 14.8. The van der Waals surface area contributed by atoms with Gasteiger partial charge in [0.05, 0.1) is 4.92 Å². The quantitative estimate of drug-likeness (QED) is 0.590. The fraction of sp³-hybridized carbons (Fsp3) is 0.421. The second-order valence-electron chi connectivity index (χ2n) is 6.72. The lowest BCUT2D eigenvalue weighted by molar-refractivity contribution is -0.385. The zero-order valence-corrected chi connectivity index (χ0v) is 15.6. The van der Waals surface area contributed by atoms with E-state index in [-0.39, 0.29) is 5.69 Å². The molecule has 0 aliphatic heterocycles. The molecule has 0 radical (unpaired) electrons. The summed E-state index contributed by atoms with van der Waals surface area (Å²) in [6.45, 7) is 1.69. The van der Waals surface area contributed by atoms with Crippen LogP contribution in [0.3, 0.4) is 0 Å². The van der Waals surface area contributed by atoms with Gasteiger partial charge >= 0.3 is 0 Å². The molecular weight excluding hydrogens is 350 g/mol. The first-order valence-corrected chi connectivity index (χ1v) is 10.3. The van der Waals surface area contributed by atoms with E-state index < -0.39 is 15.7 Å². The molecule has 0 amide bonds. The van der Waals surface area contributed by atoms with E-state index in [1.165, 1.54) is 25.5 Å². The topological polar surface area (TPSA) is 85.1 Å². The molecule has 7 heteroatoms. The molecule has 2 aromatic rings. The van der Waals surface area contributed by atoms with Crippen LogP contribution in [-0.4, -0.2) is 19.4 Å². The first kappa shape index (κ1) is 18.5. The van der Waals surface area contributed by atoms with Gasteiger partial charge in [0.1, 0.15) is 12.0 Å². The minimum absolute atomic E-state index is 0.00665. The van der Waals surface area contributed by atoms with Gasteiger partial charge in [-0.2, -0.15) is 0 Å². The molecule has 138 valence electrons. The normalized spacial score (nSPS) is 16.2. The van der Waals surface area contributed by atoms with Gasteiger partial charge in [0.2, 0.25) is 0 Å². The second kappa shape index (κ2) is 8.40. The maximum absolute atomic E-state index is 12.6. The van der Waals surface area contributed by atoms with Gasteiger partial charge in [0.15, 0.2) is 0 Å². The van der Waals surface area contributed by atoms with Crippen molar-refractivity contribution in [3.63, 3.8) is 0 Å². The summed E-state index contributed by atoms with van der Waals surface area (Å²) in [5.41, 5.74) is 2.43. The molecule has 3 rings (SSSR count).